The van der Waals surface area contributed by atoms with Crippen LogP contribution in [0.2, 0.25) is 0 Å². The monoisotopic (exact) mass is 257 g/mol. The molecule has 0 aromatic heterocycles. The molecule has 0 aliphatic rings. The highest BCUT2D eigenvalue weighted by molar-refractivity contribution is 5.87. The minimum Gasteiger partial charge on any atom is -0.504 e. The molecular formula is C15H15NO3. The molecule has 0 heterocycles. The molecule has 0 bridgehead atoms. The largest absolute Gasteiger partial charge is 0.504 e. The number of hydrogen-bond acceptors (Lipinski definition) is 4. The lowest BCUT2D eigenvalue weighted by Crippen LogP contribution is -1.83. The molecule has 2 aromatic carbocycles. The van der Waals surface area contributed by atoms with Gasteiger partial charge in [0.1, 0.15) is 0 Å². The van der Waals surface area contributed by atoms with E-state index in [-0.39, 0.29) is 11.5 Å². The second-order valence-electron chi connectivity index (χ2n) is 4.15. The zero-order valence-electron chi connectivity index (χ0n) is 10.5. The predicted octanol–water partition coefficient (Wildman–Crippen LogP) is 3.12. The van der Waals surface area contributed by atoms with Gasteiger partial charge in [0.2, 0.25) is 5.75 Å². The molecule has 98 valence electrons. The molecule has 3 N–H and O–H groups in total. The van der Waals surface area contributed by atoms with E-state index >= 15 is 0 Å². The number of nitrogens with zero attached hydrogens (tertiary/aromatic N) is 1. The maximum atomic E-state index is 9.64. The van der Waals surface area contributed by atoms with E-state index in [9.17, 15) is 15.3 Å². The molecule has 0 aliphatic heterocycles. The molecule has 0 fully saturated rings. The summed E-state index contributed by atoms with van der Waals surface area (Å²) in [5.74, 6) is -1.28. The summed E-state index contributed by atoms with van der Waals surface area (Å²) in [7, 11) is 0. The topological polar surface area (TPSA) is 73.1 Å². The van der Waals surface area contributed by atoms with Gasteiger partial charge in [-0.05, 0) is 36.2 Å². The van der Waals surface area contributed by atoms with Gasteiger partial charge in [0.25, 0.3) is 0 Å². The Kier molecular flexibility index (Phi) is 3.71. The molecule has 0 saturated carbocycles. The number of aryl methyl sites for hydroxylation is 1. The second-order valence-corrected chi connectivity index (χ2v) is 4.15. The van der Waals surface area contributed by atoms with Gasteiger partial charge in [0.15, 0.2) is 11.5 Å². The van der Waals surface area contributed by atoms with E-state index in [1.165, 1.54) is 23.9 Å². The van der Waals surface area contributed by atoms with Crippen molar-refractivity contribution in [1.29, 1.82) is 0 Å². The lowest BCUT2D eigenvalue weighted by Gasteiger charge is -2.03. The van der Waals surface area contributed by atoms with Crippen molar-refractivity contribution in [1.82, 2.24) is 0 Å². The molecule has 0 spiro atoms. The number of benzene rings is 2. The van der Waals surface area contributed by atoms with E-state index in [1.54, 1.807) is 0 Å². The summed E-state index contributed by atoms with van der Waals surface area (Å²) >= 11 is 0. The first kappa shape index (κ1) is 13.0. The van der Waals surface area contributed by atoms with Crippen LogP contribution in [0.4, 0.5) is 5.69 Å². The fourth-order valence-electron chi connectivity index (χ4n) is 1.65. The van der Waals surface area contributed by atoms with Crippen LogP contribution in [-0.4, -0.2) is 21.5 Å². The van der Waals surface area contributed by atoms with Crippen LogP contribution in [0, 0.1) is 0 Å². The van der Waals surface area contributed by atoms with Gasteiger partial charge < -0.3 is 15.3 Å². The standard InChI is InChI=1S/C15H15NO3/c1-2-10-3-6-12(7-4-10)16-9-11-5-8-13(17)15(19)14(11)18/h3-9,17-19H,2H2,1H3. The van der Waals surface area contributed by atoms with Crippen molar-refractivity contribution in [3.63, 3.8) is 0 Å². The highest BCUT2D eigenvalue weighted by atomic mass is 16.3. The summed E-state index contributed by atoms with van der Waals surface area (Å²) in [6, 6.07) is 10.5. The van der Waals surface area contributed by atoms with Crippen LogP contribution in [0.5, 0.6) is 17.2 Å². The number of aromatic hydroxyl groups is 3. The van der Waals surface area contributed by atoms with Gasteiger partial charge in [0, 0.05) is 11.8 Å². The molecule has 0 unspecified atom stereocenters. The van der Waals surface area contributed by atoms with E-state index in [0.717, 1.165) is 12.1 Å². The summed E-state index contributed by atoms with van der Waals surface area (Å²) in [5.41, 5.74) is 2.32. The number of rotatable bonds is 3. The van der Waals surface area contributed by atoms with Crippen molar-refractivity contribution in [2.45, 2.75) is 13.3 Å². The van der Waals surface area contributed by atoms with Crippen molar-refractivity contribution in [2.24, 2.45) is 4.99 Å². The molecule has 0 amide bonds. The van der Waals surface area contributed by atoms with Crippen molar-refractivity contribution in [3.05, 3.63) is 47.5 Å². The highest BCUT2D eigenvalue weighted by Gasteiger charge is 2.08. The molecule has 19 heavy (non-hydrogen) atoms. The molecule has 2 rings (SSSR count). The SMILES string of the molecule is CCc1ccc(N=Cc2ccc(O)c(O)c2O)cc1. The summed E-state index contributed by atoms with van der Waals surface area (Å²) in [4.78, 5) is 4.21. The molecule has 0 saturated heterocycles. The van der Waals surface area contributed by atoms with Gasteiger partial charge in [-0.1, -0.05) is 19.1 Å². The van der Waals surface area contributed by atoms with E-state index in [0.29, 0.717) is 5.56 Å². The Morgan fingerprint density at radius 3 is 2.26 bits per heavy atom. The van der Waals surface area contributed by atoms with Crippen molar-refractivity contribution >= 4 is 11.9 Å². The van der Waals surface area contributed by atoms with Crippen LogP contribution in [0.15, 0.2) is 41.4 Å². The minimum atomic E-state index is -0.537. The molecular weight excluding hydrogens is 242 g/mol. The Hall–Kier alpha value is -2.49. The second kappa shape index (κ2) is 5.44. The normalized spacial score (nSPS) is 11.0. The van der Waals surface area contributed by atoms with Crippen molar-refractivity contribution < 1.29 is 15.3 Å². The Morgan fingerprint density at radius 1 is 0.947 bits per heavy atom. The number of phenolic OH excluding ortho intramolecular Hbond substituents is 3. The first-order valence-electron chi connectivity index (χ1n) is 5.98. The van der Waals surface area contributed by atoms with Crippen molar-refractivity contribution in [2.75, 3.05) is 0 Å². The van der Waals surface area contributed by atoms with E-state index < -0.39 is 5.75 Å². The quantitative estimate of drug-likeness (QED) is 0.584. The van der Waals surface area contributed by atoms with Gasteiger partial charge in [-0.25, -0.2) is 0 Å². The van der Waals surface area contributed by atoms with Gasteiger partial charge in [-0.2, -0.15) is 0 Å². The maximum Gasteiger partial charge on any atom is 0.200 e. The van der Waals surface area contributed by atoms with Crippen LogP contribution in [0.25, 0.3) is 0 Å². The lowest BCUT2D eigenvalue weighted by atomic mass is 10.1. The summed E-state index contributed by atoms with van der Waals surface area (Å²) in [5, 5.41) is 28.2. The smallest absolute Gasteiger partial charge is 0.200 e. The third-order valence-electron chi connectivity index (χ3n) is 2.86. The fourth-order valence-corrected chi connectivity index (χ4v) is 1.65. The van der Waals surface area contributed by atoms with Crippen LogP contribution in [0.3, 0.4) is 0 Å². The molecule has 0 atom stereocenters. The first-order chi connectivity index (χ1) is 9.11. The van der Waals surface area contributed by atoms with E-state index in [1.807, 2.05) is 24.3 Å². The lowest BCUT2D eigenvalue weighted by molar-refractivity contribution is 0.367. The molecule has 4 nitrogen and oxygen atoms in total. The summed E-state index contributed by atoms with van der Waals surface area (Å²) < 4.78 is 0. The molecule has 0 radical (unpaired) electrons. The Morgan fingerprint density at radius 2 is 1.63 bits per heavy atom. The minimum absolute atomic E-state index is 0.342. The van der Waals surface area contributed by atoms with Gasteiger partial charge in [-0.3, -0.25) is 4.99 Å². The number of hydrogen-bond donors (Lipinski definition) is 3. The van der Waals surface area contributed by atoms with Gasteiger partial charge in [-0.15, -0.1) is 0 Å². The molecule has 2 aromatic rings. The van der Waals surface area contributed by atoms with Crippen LogP contribution in [-0.2, 0) is 6.42 Å². The Bertz CT molecular complexity index is 604. The van der Waals surface area contributed by atoms with Gasteiger partial charge >= 0.3 is 0 Å². The average molecular weight is 257 g/mol. The Labute approximate surface area is 111 Å². The van der Waals surface area contributed by atoms with Crippen LogP contribution in [0.1, 0.15) is 18.1 Å². The third-order valence-corrected chi connectivity index (χ3v) is 2.86. The molecule has 4 heteroatoms. The first-order valence-corrected chi connectivity index (χ1v) is 5.98. The predicted molar refractivity (Wildman–Crippen MR) is 74.5 cm³/mol. The number of aliphatic imine (C=N–C) groups is 1. The van der Waals surface area contributed by atoms with Crippen molar-refractivity contribution in [3.8, 4) is 17.2 Å². The summed E-state index contributed by atoms with van der Waals surface area (Å²) in [6.45, 7) is 2.08. The van der Waals surface area contributed by atoms with Gasteiger partial charge in [0.05, 0.1) is 5.69 Å². The highest BCUT2D eigenvalue weighted by Crippen LogP contribution is 2.36. The number of phenols is 3. The molecule has 0 aliphatic carbocycles. The fraction of sp³-hybridized carbons (Fsp3) is 0.133. The Balaban J connectivity index is 2.25. The summed E-state index contributed by atoms with van der Waals surface area (Å²) in [6.07, 6.45) is 2.41. The zero-order chi connectivity index (χ0) is 13.8. The maximum absolute atomic E-state index is 9.64. The zero-order valence-corrected chi connectivity index (χ0v) is 10.5. The third kappa shape index (κ3) is 2.85. The van der Waals surface area contributed by atoms with E-state index in [2.05, 4.69) is 11.9 Å². The van der Waals surface area contributed by atoms with E-state index in [4.69, 9.17) is 0 Å². The average Bonchev–Trinajstić information content (AvgIpc) is 2.45. The van der Waals surface area contributed by atoms with Crippen LogP contribution < -0.4 is 0 Å². The van der Waals surface area contributed by atoms with Crippen LogP contribution >= 0.6 is 0 Å².